The van der Waals surface area contributed by atoms with Gasteiger partial charge < -0.3 is 16.0 Å². The second-order valence-corrected chi connectivity index (χ2v) is 12.0. The predicted molar refractivity (Wildman–Crippen MR) is 138 cm³/mol. The van der Waals surface area contributed by atoms with Gasteiger partial charge in [-0.05, 0) is 49.5 Å². The molecule has 3 aliphatic rings. The van der Waals surface area contributed by atoms with Crippen molar-refractivity contribution in [2.45, 2.75) is 57.4 Å². The van der Waals surface area contributed by atoms with Crippen LogP contribution in [0.2, 0.25) is 0 Å². The Morgan fingerprint density at radius 3 is 2.65 bits per heavy atom. The second kappa shape index (κ2) is 9.85. The van der Waals surface area contributed by atoms with Gasteiger partial charge >= 0.3 is 6.18 Å². The highest BCUT2D eigenvalue weighted by Gasteiger charge is 2.44. The lowest BCUT2D eigenvalue weighted by Gasteiger charge is -2.25. The Hall–Kier alpha value is -3.49. The molecule has 2 amide bonds. The van der Waals surface area contributed by atoms with E-state index in [0.717, 1.165) is 27.6 Å². The van der Waals surface area contributed by atoms with E-state index < -0.39 is 29.9 Å². The van der Waals surface area contributed by atoms with Gasteiger partial charge in [0.05, 0.1) is 11.5 Å². The molecule has 2 fully saturated rings. The van der Waals surface area contributed by atoms with Gasteiger partial charge in [-0.25, -0.2) is 4.39 Å². The summed E-state index contributed by atoms with van der Waals surface area (Å²) in [6.45, 7) is 2.67. The number of hydrogen-bond acceptors (Lipinski definition) is 7. The van der Waals surface area contributed by atoms with Gasteiger partial charge in [-0.15, -0.1) is 21.5 Å². The minimum absolute atomic E-state index is 0.0965. The number of hydrogen-bond donors (Lipinski definition) is 3. The molecule has 15 heteroatoms. The van der Waals surface area contributed by atoms with E-state index in [1.807, 2.05) is 0 Å². The van der Waals surface area contributed by atoms with Crippen molar-refractivity contribution < 1.29 is 27.2 Å². The summed E-state index contributed by atoms with van der Waals surface area (Å²) >= 11 is 1.34. The maximum atomic E-state index is 13.5. The normalized spacial score (nSPS) is 25.3. The number of alkyl halides is 4. The molecule has 0 bridgehead atoms. The number of fused-ring (bicyclic) bond motifs is 1. The van der Waals surface area contributed by atoms with Crippen LogP contribution < -0.4 is 16.0 Å². The summed E-state index contributed by atoms with van der Waals surface area (Å²) in [7, 11) is 1.40. The first kappa shape index (κ1) is 26.7. The highest BCUT2D eigenvalue weighted by atomic mass is 32.1. The van der Waals surface area contributed by atoms with Crippen molar-refractivity contribution in [3.05, 3.63) is 34.1 Å². The lowest BCUT2D eigenvalue weighted by atomic mass is 9.91. The van der Waals surface area contributed by atoms with Crippen LogP contribution >= 0.6 is 11.3 Å². The monoisotopic (exact) mass is 580 g/mol. The molecule has 3 heterocycles. The number of aromatic nitrogens is 5. The average molecular weight is 581 g/mol. The fourth-order valence-electron chi connectivity index (χ4n) is 5.20. The maximum absolute atomic E-state index is 13.5. The number of thiophene rings is 1. The van der Waals surface area contributed by atoms with E-state index in [1.54, 1.807) is 4.57 Å². The Morgan fingerprint density at radius 2 is 2.00 bits per heavy atom. The van der Waals surface area contributed by atoms with Gasteiger partial charge in [-0.2, -0.15) is 18.3 Å². The SMILES string of the molecule is CC1CC1CNC(=O)c1c(NC(=O)[C@H]2C[C@H]2F)sc2c1C[C@@H](n1cnnc1Nc1cc(C(F)(F)F)nn1C)CC2. The number of nitrogens with one attached hydrogen (secondary N) is 3. The first-order valence-corrected chi connectivity index (χ1v) is 14.0. The predicted octanol–water partition coefficient (Wildman–Crippen LogP) is 4.25. The van der Waals surface area contributed by atoms with Crippen LogP contribution in [-0.4, -0.2) is 49.1 Å². The standard InChI is InChI=1S/C25H28F4N8O2S/c1-11-5-12(11)9-30-22(39)20-15-6-13(3-4-17(15)40-23(20)33-21(38)14-7-16(14)26)37-10-31-34-24(37)32-19-8-18(25(27,28)29)35-36(19)2/h8,10-14,16H,3-7,9H2,1-2H3,(H,30,39)(H,32,34)(H,33,38)/t11?,12?,13-,14-,16+/m0/s1. The van der Waals surface area contributed by atoms with E-state index in [0.29, 0.717) is 48.2 Å². The third-order valence-corrected chi connectivity index (χ3v) is 9.13. The van der Waals surface area contributed by atoms with Gasteiger partial charge in [0.25, 0.3) is 5.91 Å². The minimum Gasteiger partial charge on any atom is -0.352 e. The van der Waals surface area contributed by atoms with Crippen LogP contribution in [0.15, 0.2) is 12.4 Å². The van der Waals surface area contributed by atoms with Gasteiger partial charge in [-0.1, -0.05) is 6.92 Å². The number of halogens is 4. The maximum Gasteiger partial charge on any atom is 0.435 e. The third kappa shape index (κ3) is 5.18. The molecule has 3 aromatic heterocycles. The number of carbonyl (C=O) groups excluding carboxylic acids is 2. The summed E-state index contributed by atoms with van der Waals surface area (Å²) in [4.78, 5) is 27.0. The van der Waals surface area contributed by atoms with Crippen molar-refractivity contribution in [3.8, 4) is 0 Å². The van der Waals surface area contributed by atoms with Crippen molar-refractivity contribution >= 4 is 39.9 Å². The highest BCUT2D eigenvalue weighted by Crippen LogP contribution is 2.43. The van der Waals surface area contributed by atoms with Crippen molar-refractivity contribution in [1.29, 1.82) is 0 Å². The van der Waals surface area contributed by atoms with Gasteiger partial charge in [0.15, 0.2) is 5.69 Å². The number of rotatable bonds is 8. The lowest BCUT2D eigenvalue weighted by Crippen LogP contribution is -2.29. The van der Waals surface area contributed by atoms with Gasteiger partial charge in [0.1, 0.15) is 23.3 Å². The smallest absolute Gasteiger partial charge is 0.352 e. The molecule has 0 spiro atoms. The Kier molecular flexibility index (Phi) is 6.58. The molecule has 2 saturated carbocycles. The van der Waals surface area contributed by atoms with Crippen molar-refractivity contribution in [2.24, 2.45) is 24.8 Å². The van der Waals surface area contributed by atoms with E-state index in [9.17, 15) is 27.2 Å². The van der Waals surface area contributed by atoms with Crippen molar-refractivity contribution in [2.75, 3.05) is 17.2 Å². The first-order chi connectivity index (χ1) is 19.0. The first-order valence-electron chi connectivity index (χ1n) is 13.1. The zero-order valence-corrected chi connectivity index (χ0v) is 22.6. The summed E-state index contributed by atoms with van der Waals surface area (Å²) in [5, 5.41) is 20.7. The van der Waals surface area contributed by atoms with E-state index in [4.69, 9.17) is 0 Å². The van der Waals surface area contributed by atoms with Gasteiger partial charge in [0.2, 0.25) is 11.9 Å². The Balaban J connectivity index is 1.25. The van der Waals surface area contributed by atoms with Crippen LogP contribution in [0.1, 0.15) is 58.7 Å². The van der Waals surface area contributed by atoms with Crippen LogP contribution in [-0.2, 0) is 30.9 Å². The molecule has 0 aliphatic heterocycles. The summed E-state index contributed by atoms with van der Waals surface area (Å²) in [5.74, 6) is -0.0689. The summed E-state index contributed by atoms with van der Waals surface area (Å²) < 4.78 is 55.8. The van der Waals surface area contributed by atoms with Crippen LogP contribution in [0.3, 0.4) is 0 Å². The fourth-order valence-corrected chi connectivity index (χ4v) is 6.45. The second-order valence-electron chi connectivity index (χ2n) is 10.9. The zero-order valence-electron chi connectivity index (χ0n) is 21.8. The minimum atomic E-state index is -4.59. The Labute approximate surface area is 230 Å². The zero-order chi connectivity index (χ0) is 28.3. The van der Waals surface area contributed by atoms with Gasteiger partial charge in [0, 0.05) is 30.6 Å². The molecule has 2 unspecified atom stereocenters. The highest BCUT2D eigenvalue weighted by molar-refractivity contribution is 7.17. The van der Waals surface area contributed by atoms with E-state index in [-0.39, 0.29) is 30.1 Å². The number of carbonyl (C=O) groups is 2. The lowest BCUT2D eigenvalue weighted by molar-refractivity contribution is -0.141. The number of amides is 2. The molecule has 0 saturated heterocycles. The summed E-state index contributed by atoms with van der Waals surface area (Å²) in [6, 6.07) is 0.698. The number of aryl methyl sites for hydroxylation is 2. The fraction of sp³-hybridized carbons (Fsp3) is 0.560. The molecular weight excluding hydrogens is 552 g/mol. The van der Waals surface area contributed by atoms with Crippen molar-refractivity contribution in [1.82, 2.24) is 29.9 Å². The average Bonchev–Trinajstić information content (AvgIpc) is 3.59. The largest absolute Gasteiger partial charge is 0.435 e. The van der Waals surface area contributed by atoms with Crippen molar-refractivity contribution in [3.63, 3.8) is 0 Å². The summed E-state index contributed by atoms with van der Waals surface area (Å²) in [6.07, 6.45) is -1.32. The molecule has 0 aromatic carbocycles. The quantitative estimate of drug-likeness (QED) is 0.343. The summed E-state index contributed by atoms with van der Waals surface area (Å²) in [5.41, 5.74) is 0.164. The van der Waals surface area contributed by atoms with Crippen LogP contribution in [0.4, 0.5) is 34.3 Å². The van der Waals surface area contributed by atoms with Crippen LogP contribution in [0, 0.1) is 17.8 Å². The molecule has 3 aliphatic carbocycles. The molecule has 6 rings (SSSR count). The van der Waals surface area contributed by atoms with E-state index in [2.05, 4.69) is 38.2 Å². The topological polar surface area (TPSA) is 119 Å². The third-order valence-electron chi connectivity index (χ3n) is 7.93. The van der Waals surface area contributed by atoms with E-state index in [1.165, 1.54) is 24.7 Å². The number of anilines is 3. The molecule has 40 heavy (non-hydrogen) atoms. The molecular formula is C25H28F4N8O2S. The molecule has 3 N–H and O–H groups in total. The van der Waals surface area contributed by atoms with Gasteiger partial charge in [-0.3, -0.25) is 18.8 Å². The molecule has 5 atom stereocenters. The number of nitrogens with zero attached hydrogens (tertiary/aromatic N) is 5. The Morgan fingerprint density at radius 1 is 1.25 bits per heavy atom. The molecule has 214 valence electrons. The van der Waals surface area contributed by atoms with Crippen LogP contribution in [0.5, 0.6) is 0 Å². The molecule has 10 nitrogen and oxygen atoms in total. The van der Waals surface area contributed by atoms with E-state index >= 15 is 0 Å². The Bertz CT molecular complexity index is 1460. The molecule has 0 radical (unpaired) electrons. The van der Waals surface area contributed by atoms with Crippen LogP contribution in [0.25, 0.3) is 0 Å². The molecule has 3 aromatic rings.